The van der Waals surface area contributed by atoms with Crippen molar-refractivity contribution in [3.63, 3.8) is 0 Å². The number of carbonyl (C=O) groups is 1. The molecule has 1 aromatic carbocycles. The van der Waals surface area contributed by atoms with E-state index in [-0.39, 0.29) is 18.3 Å². The van der Waals surface area contributed by atoms with Gasteiger partial charge in [-0.3, -0.25) is 9.63 Å². The molecule has 1 fully saturated rings. The summed E-state index contributed by atoms with van der Waals surface area (Å²) in [5.41, 5.74) is 0. The zero-order valence-electron chi connectivity index (χ0n) is 8.76. The highest BCUT2D eigenvalue weighted by atomic mass is 16.7. The van der Waals surface area contributed by atoms with Crippen LogP contribution in [0.1, 0.15) is 6.42 Å². The van der Waals surface area contributed by atoms with Gasteiger partial charge in [0.25, 0.3) is 5.91 Å². The second-order valence-electron chi connectivity index (χ2n) is 3.44. The zero-order chi connectivity index (χ0) is 11.4. The fourth-order valence-electron chi connectivity index (χ4n) is 1.43. The third kappa shape index (κ3) is 2.43. The Morgan fingerprint density at radius 3 is 3.00 bits per heavy atom. The minimum Gasteiger partial charge on any atom is -0.504 e. The van der Waals surface area contributed by atoms with Crippen molar-refractivity contribution in [2.24, 2.45) is 0 Å². The molecule has 5 nitrogen and oxygen atoms in total. The SMILES string of the molecule is O=C(COc1ccccc1O)N1CCCO1. The van der Waals surface area contributed by atoms with Crippen molar-refractivity contribution in [1.29, 1.82) is 0 Å². The topological polar surface area (TPSA) is 59.0 Å². The molecule has 1 N–H and O–H groups in total. The van der Waals surface area contributed by atoms with E-state index in [0.717, 1.165) is 6.42 Å². The monoisotopic (exact) mass is 223 g/mol. The lowest BCUT2D eigenvalue weighted by atomic mass is 10.3. The molecule has 1 aromatic rings. The number of ether oxygens (including phenoxy) is 1. The Labute approximate surface area is 93.1 Å². The van der Waals surface area contributed by atoms with Crippen LogP contribution < -0.4 is 4.74 Å². The van der Waals surface area contributed by atoms with Gasteiger partial charge in [0.15, 0.2) is 18.1 Å². The summed E-state index contributed by atoms with van der Waals surface area (Å²) < 4.78 is 5.19. The summed E-state index contributed by atoms with van der Waals surface area (Å²) in [6.45, 7) is 1.04. The van der Waals surface area contributed by atoms with Crippen LogP contribution >= 0.6 is 0 Å². The Morgan fingerprint density at radius 1 is 1.50 bits per heavy atom. The number of aromatic hydroxyl groups is 1. The Kier molecular flexibility index (Phi) is 3.26. The largest absolute Gasteiger partial charge is 0.504 e. The maximum atomic E-state index is 11.5. The fraction of sp³-hybridized carbons (Fsp3) is 0.364. The van der Waals surface area contributed by atoms with Crippen LogP contribution in [0.15, 0.2) is 24.3 Å². The molecule has 86 valence electrons. The van der Waals surface area contributed by atoms with Crippen molar-refractivity contribution in [3.05, 3.63) is 24.3 Å². The van der Waals surface area contributed by atoms with E-state index >= 15 is 0 Å². The first kappa shape index (κ1) is 10.8. The molecule has 1 amide bonds. The number of nitrogens with zero attached hydrogens (tertiary/aromatic N) is 1. The number of phenols is 1. The van der Waals surface area contributed by atoms with Crippen molar-refractivity contribution >= 4 is 5.91 Å². The first-order chi connectivity index (χ1) is 7.77. The smallest absolute Gasteiger partial charge is 0.284 e. The molecule has 0 spiro atoms. The molecule has 1 aliphatic rings. The van der Waals surface area contributed by atoms with E-state index in [1.165, 1.54) is 11.1 Å². The van der Waals surface area contributed by atoms with Crippen molar-refractivity contribution in [2.45, 2.75) is 6.42 Å². The number of amides is 1. The van der Waals surface area contributed by atoms with Gasteiger partial charge in [-0.15, -0.1) is 0 Å². The van der Waals surface area contributed by atoms with Gasteiger partial charge in [-0.05, 0) is 18.6 Å². The molecule has 0 atom stereocenters. The highest BCUT2D eigenvalue weighted by Crippen LogP contribution is 2.24. The summed E-state index contributed by atoms with van der Waals surface area (Å²) in [5.74, 6) is 0.0911. The number of para-hydroxylation sites is 2. The summed E-state index contributed by atoms with van der Waals surface area (Å²) in [4.78, 5) is 16.6. The molecule has 0 bridgehead atoms. The predicted octanol–water partition coefficient (Wildman–Crippen LogP) is 0.935. The summed E-state index contributed by atoms with van der Waals surface area (Å²) in [5, 5.41) is 10.7. The summed E-state index contributed by atoms with van der Waals surface area (Å²) in [6.07, 6.45) is 0.850. The van der Waals surface area contributed by atoms with Crippen LogP contribution in [-0.4, -0.2) is 35.8 Å². The fourth-order valence-corrected chi connectivity index (χ4v) is 1.43. The van der Waals surface area contributed by atoms with Gasteiger partial charge in [0.1, 0.15) is 0 Å². The lowest BCUT2D eigenvalue weighted by Gasteiger charge is -2.14. The maximum absolute atomic E-state index is 11.5. The third-order valence-corrected chi connectivity index (χ3v) is 2.25. The van der Waals surface area contributed by atoms with Gasteiger partial charge in [-0.2, -0.15) is 0 Å². The van der Waals surface area contributed by atoms with E-state index in [1.807, 2.05) is 0 Å². The molecular weight excluding hydrogens is 210 g/mol. The van der Waals surface area contributed by atoms with Gasteiger partial charge in [-0.25, -0.2) is 5.06 Å². The van der Waals surface area contributed by atoms with Crippen molar-refractivity contribution in [2.75, 3.05) is 19.8 Å². The molecule has 0 aromatic heterocycles. The van der Waals surface area contributed by atoms with Crippen molar-refractivity contribution < 1.29 is 19.5 Å². The second kappa shape index (κ2) is 4.85. The zero-order valence-corrected chi connectivity index (χ0v) is 8.76. The van der Waals surface area contributed by atoms with Gasteiger partial charge in [-0.1, -0.05) is 12.1 Å². The molecule has 1 saturated heterocycles. The maximum Gasteiger partial charge on any atom is 0.284 e. The summed E-state index contributed by atoms with van der Waals surface area (Å²) in [6, 6.07) is 6.53. The van der Waals surface area contributed by atoms with Crippen LogP contribution in [0.4, 0.5) is 0 Å². The Balaban J connectivity index is 1.87. The number of phenolic OH excluding ortho intramolecular Hbond substituents is 1. The number of hydrogen-bond donors (Lipinski definition) is 1. The molecule has 0 unspecified atom stereocenters. The summed E-state index contributed by atoms with van der Waals surface area (Å²) in [7, 11) is 0. The molecule has 0 saturated carbocycles. The quantitative estimate of drug-likeness (QED) is 0.828. The van der Waals surface area contributed by atoms with Gasteiger partial charge < -0.3 is 9.84 Å². The number of hydroxylamine groups is 2. The number of benzene rings is 1. The van der Waals surface area contributed by atoms with Gasteiger partial charge in [0.05, 0.1) is 13.2 Å². The van der Waals surface area contributed by atoms with Crippen LogP contribution in [-0.2, 0) is 9.63 Å². The van der Waals surface area contributed by atoms with Crippen LogP contribution in [0.2, 0.25) is 0 Å². The van der Waals surface area contributed by atoms with Crippen LogP contribution in [0.25, 0.3) is 0 Å². The van der Waals surface area contributed by atoms with E-state index in [1.54, 1.807) is 18.2 Å². The van der Waals surface area contributed by atoms with Crippen LogP contribution in [0, 0.1) is 0 Å². The van der Waals surface area contributed by atoms with Gasteiger partial charge in [0.2, 0.25) is 0 Å². The molecule has 1 heterocycles. The molecule has 2 rings (SSSR count). The minimum absolute atomic E-state index is 0.0256. The average Bonchev–Trinajstić information content (AvgIpc) is 2.81. The molecule has 5 heteroatoms. The highest BCUT2D eigenvalue weighted by Gasteiger charge is 2.19. The molecule has 0 radical (unpaired) electrons. The lowest BCUT2D eigenvalue weighted by molar-refractivity contribution is -0.170. The number of carbonyl (C=O) groups excluding carboxylic acids is 1. The van der Waals surface area contributed by atoms with E-state index in [2.05, 4.69) is 0 Å². The lowest BCUT2D eigenvalue weighted by Crippen LogP contribution is -2.31. The predicted molar refractivity (Wildman–Crippen MR) is 55.9 cm³/mol. The van der Waals surface area contributed by atoms with Crippen molar-refractivity contribution in [1.82, 2.24) is 5.06 Å². The molecule has 1 aliphatic heterocycles. The molecule has 16 heavy (non-hydrogen) atoms. The Hall–Kier alpha value is -1.75. The average molecular weight is 223 g/mol. The van der Waals surface area contributed by atoms with Crippen LogP contribution in [0.5, 0.6) is 11.5 Å². The Morgan fingerprint density at radius 2 is 2.31 bits per heavy atom. The standard InChI is InChI=1S/C11H13NO4/c13-9-4-1-2-5-10(9)15-8-11(14)12-6-3-7-16-12/h1-2,4-5,13H,3,6-8H2. The summed E-state index contributed by atoms with van der Waals surface area (Å²) >= 11 is 0. The molecule has 0 aliphatic carbocycles. The molecular formula is C11H13NO4. The number of rotatable bonds is 3. The van der Waals surface area contributed by atoms with Crippen molar-refractivity contribution in [3.8, 4) is 11.5 Å². The Bertz CT molecular complexity index is 374. The minimum atomic E-state index is -0.235. The number of hydrogen-bond acceptors (Lipinski definition) is 4. The van der Waals surface area contributed by atoms with E-state index in [0.29, 0.717) is 18.9 Å². The first-order valence-corrected chi connectivity index (χ1v) is 5.11. The van der Waals surface area contributed by atoms with Gasteiger partial charge >= 0.3 is 0 Å². The first-order valence-electron chi connectivity index (χ1n) is 5.11. The highest BCUT2D eigenvalue weighted by molar-refractivity contribution is 5.76. The van der Waals surface area contributed by atoms with E-state index in [9.17, 15) is 9.90 Å². The van der Waals surface area contributed by atoms with E-state index in [4.69, 9.17) is 9.57 Å². The van der Waals surface area contributed by atoms with Crippen LogP contribution in [0.3, 0.4) is 0 Å². The van der Waals surface area contributed by atoms with Gasteiger partial charge in [0, 0.05) is 0 Å². The third-order valence-electron chi connectivity index (χ3n) is 2.25. The van der Waals surface area contributed by atoms with E-state index < -0.39 is 0 Å². The second-order valence-corrected chi connectivity index (χ2v) is 3.44. The normalized spacial score (nSPS) is 15.1.